The quantitative estimate of drug-likeness (QED) is 0.875. The fourth-order valence-electron chi connectivity index (χ4n) is 1.49. The van der Waals surface area contributed by atoms with Crippen LogP contribution >= 0.6 is 27.3 Å². The van der Waals surface area contributed by atoms with E-state index in [0.717, 1.165) is 0 Å². The Morgan fingerprint density at radius 1 is 1.37 bits per heavy atom. The lowest BCUT2D eigenvalue weighted by Crippen LogP contribution is -2.15. The number of thiophene rings is 1. The SMILES string of the molecule is NCc1sccc1S(=O)(=O)Nc1cc(Br)ccc1F. The average Bonchev–Trinajstić information content (AvgIpc) is 2.82. The molecule has 0 fully saturated rings. The summed E-state index contributed by atoms with van der Waals surface area (Å²) in [5, 5.41) is 1.63. The number of benzene rings is 1. The molecule has 0 atom stereocenters. The first-order valence-corrected chi connectivity index (χ1v) is 8.34. The first-order chi connectivity index (χ1) is 8.94. The molecule has 0 radical (unpaired) electrons. The third-order valence-corrected chi connectivity index (χ3v) is 5.37. The van der Waals surface area contributed by atoms with Gasteiger partial charge in [-0.2, -0.15) is 0 Å². The summed E-state index contributed by atoms with van der Waals surface area (Å²) < 4.78 is 40.7. The van der Waals surface area contributed by atoms with Gasteiger partial charge in [-0.25, -0.2) is 12.8 Å². The highest BCUT2D eigenvalue weighted by atomic mass is 79.9. The molecule has 4 nitrogen and oxygen atoms in total. The predicted molar refractivity (Wildman–Crippen MR) is 77.1 cm³/mol. The van der Waals surface area contributed by atoms with Crippen LogP contribution in [0.3, 0.4) is 0 Å². The molecule has 102 valence electrons. The second-order valence-electron chi connectivity index (χ2n) is 3.64. The van der Waals surface area contributed by atoms with Crippen LogP contribution in [0.1, 0.15) is 4.88 Å². The van der Waals surface area contributed by atoms with Crippen molar-refractivity contribution in [2.75, 3.05) is 4.72 Å². The van der Waals surface area contributed by atoms with Crippen molar-refractivity contribution < 1.29 is 12.8 Å². The monoisotopic (exact) mass is 364 g/mol. The molecule has 0 bridgehead atoms. The lowest BCUT2D eigenvalue weighted by atomic mass is 10.3. The highest BCUT2D eigenvalue weighted by Crippen LogP contribution is 2.26. The molecule has 8 heteroatoms. The van der Waals surface area contributed by atoms with E-state index >= 15 is 0 Å². The molecule has 19 heavy (non-hydrogen) atoms. The van der Waals surface area contributed by atoms with Gasteiger partial charge in [0.05, 0.1) is 5.69 Å². The summed E-state index contributed by atoms with van der Waals surface area (Å²) in [6.45, 7) is 0.120. The van der Waals surface area contributed by atoms with Crippen molar-refractivity contribution >= 4 is 43.0 Å². The van der Waals surface area contributed by atoms with Gasteiger partial charge in [-0.15, -0.1) is 11.3 Å². The highest BCUT2D eigenvalue weighted by Gasteiger charge is 2.20. The standard InChI is InChI=1S/C11H10BrFN2O2S2/c12-7-1-2-8(13)9(5-7)15-19(16,17)11-3-4-18-10(11)6-14/h1-5,15H,6,14H2. The Labute approximate surface area is 122 Å². The van der Waals surface area contributed by atoms with Crippen LogP contribution in [0.25, 0.3) is 0 Å². The minimum Gasteiger partial charge on any atom is -0.326 e. The molecule has 0 aliphatic heterocycles. The summed E-state index contributed by atoms with van der Waals surface area (Å²) >= 11 is 4.41. The summed E-state index contributed by atoms with van der Waals surface area (Å²) in [7, 11) is -3.83. The molecule has 0 spiro atoms. The van der Waals surface area contributed by atoms with E-state index in [1.54, 1.807) is 5.38 Å². The van der Waals surface area contributed by atoms with Crippen LogP contribution in [-0.4, -0.2) is 8.42 Å². The predicted octanol–water partition coefficient (Wildman–Crippen LogP) is 2.91. The van der Waals surface area contributed by atoms with Crippen LogP contribution in [0.5, 0.6) is 0 Å². The molecule has 0 saturated carbocycles. The summed E-state index contributed by atoms with van der Waals surface area (Å²) in [6, 6.07) is 5.48. The smallest absolute Gasteiger partial charge is 0.263 e. The largest absolute Gasteiger partial charge is 0.326 e. The minimum atomic E-state index is -3.83. The van der Waals surface area contributed by atoms with E-state index in [1.165, 1.54) is 35.6 Å². The van der Waals surface area contributed by atoms with Crippen molar-refractivity contribution in [2.45, 2.75) is 11.4 Å². The van der Waals surface area contributed by atoms with E-state index in [-0.39, 0.29) is 17.1 Å². The third-order valence-electron chi connectivity index (χ3n) is 2.35. The van der Waals surface area contributed by atoms with E-state index in [0.29, 0.717) is 9.35 Å². The topological polar surface area (TPSA) is 72.2 Å². The van der Waals surface area contributed by atoms with Crippen molar-refractivity contribution in [1.29, 1.82) is 0 Å². The molecule has 0 amide bonds. The molecule has 0 aliphatic carbocycles. The maximum Gasteiger partial charge on any atom is 0.263 e. The molecule has 2 aromatic rings. The number of hydrogen-bond acceptors (Lipinski definition) is 4. The molecular formula is C11H10BrFN2O2S2. The van der Waals surface area contributed by atoms with Gasteiger partial charge in [0, 0.05) is 15.9 Å². The molecule has 1 heterocycles. The third kappa shape index (κ3) is 3.14. The molecule has 0 saturated heterocycles. The van der Waals surface area contributed by atoms with Crippen LogP contribution in [0.4, 0.5) is 10.1 Å². The first-order valence-electron chi connectivity index (χ1n) is 5.18. The number of rotatable bonds is 4. The Morgan fingerprint density at radius 2 is 2.11 bits per heavy atom. The zero-order valence-corrected chi connectivity index (χ0v) is 12.8. The van der Waals surface area contributed by atoms with Gasteiger partial charge in [0.15, 0.2) is 0 Å². The van der Waals surface area contributed by atoms with Crippen LogP contribution in [-0.2, 0) is 16.6 Å². The molecule has 0 aliphatic rings. The van der Waals surface area contributed by atoms with E-state index in [4.69, 9.17) is 5.73 Å². The number of anilines is 1. The molecule has 2 rings (SSSR count). The van der Waals surface area contributed by atoms with E-state index in [1.807, 2.05) is 0 Å². The fourth-order valence-corrected chi connectivity index (χ4v) is 4.25. The van der Waals surface area contributed by atoms with Gasteiger partial charge in [-0.1, -0.05) is 15.9 Å². The number of nitrogens with one attached hydrogen (secondary N) is 1. The number of sulfonamides is 1. The molecular weight excluding hydrogens is 355 g/mol. The number of halogens is 2. The Balaban J connectivity index is 2.39. The summed E-state index contributed by atoms with van der Waals surface area (Å²) in [5.74, 6) is -0.642. The van der Waals surface area contributed by atoms with Crippen molar-refractivity contribution in [3.05, 3.63) is 44.8 Å². The maximum absolute atomic E-state index is 13.6. The normalized spacial score (nSPS) is 11.5. The highest BCUT2D eigenvalue weighted by molar-refractivity contribution is 9.10. The minimum absolute atomic E-state index is 0.0828. The Hall–Kier alpha value is -0.960. The second kappa shape index (κ2) is 5.58. The lowest BCUT2D eigenvalue weighted by Gasteiger charge is -2.09. The van der Waals surface area contributed by atoms with Crippen LogP contribution in [0.15, 0.2) is 39.0 Å². The van der Waals surface area contributed by atoms with Gasteiger partial charge in [0.25, 0.3) is 10.0 Å². The van der Waals surface area contributed by atoms with Gasteiger partial charge in [-0.3, -0.25) is 4.72 Å². The molecule has 3 N–H and O–H groups in total. The zero-order valence-electron chi connectivity index (χ0n) is 9.56. The number of hydrogen-bond donors (Lipinski definition) is 2. The Kier molecular flexibility index (Phi) is 4.24. The number of nitrogens with two attached hydrogens (primary N) is 1. The average molecular weight is 365 g/mol. The Bertz CT molecular complexity index is 700. The van der Waals surface area contributed by atoms with Gasteiger partial charge in [-0.05, 0) is 29.6 Å². The van der Waals surface area contributed by atoms with Gasteiger partial charge >= 0.3 is 0 Å². The van der Waals surface area contributed by atoms with Crippen molar-refractivity contribution in [1.82, 2.24) is 0 Å². The zero-order chi connectivity index (χ0) is 14.0. The van der Waals surface area contributed by atoms with E-state index in [2.05, 4.69) is 20.7 Å². The van der Waals surface area contributed by atoms with Crippen LogP contribution < -0.4 is 10.5 Å². The van der Waals surface area contributed by atoms with Crippen molar-refractivity contribution in [2.24, 2.45) is 5.73 Å². The fraction of sp³-hybridized carbons (Fsp3) is 0.0909. The van der Waals surface area contributed by atoms with Gasteiger partial charge in [0.2, 0.25) is 0 Å². The first kappa shape index (κ1) is 14.4. The van der Waals surface area contributed by atoms with Gasteiger partial charge in [0.1, 0.15) is 10.7 Å². The van der Waals surface area contributed by atoms with Crippen molar-refractivity contribution in [3.8, 4) is 0 Å². The van der Waals surface area contributed by atoms with Gasteiger partial charge < -0.3 is 5.73 Å². The van der Waals surface area contributed by atoms with Crippen LogP contribution in [0.2, 0.25) is 0 Å². The van der Waals surface area contributed by atoms with Crippen LogP contribution in [0, 0.1) is 5.82 Å². The van der Waals surface area contributed by atoms with E-state index in [9.17, 15) is 12.8 Å². The summed E-state index contributed by atoms with van der Waals surface area (Å²) in [4.78, 5) is 0.613. The maximum atomic E-state index is 13.6. The molecule has 1 aromatic carbocycles. The van der Waals surface area contributed by atoms with Crippen molar-refractivity contribution in [3.63, 3.8) is 0 Å². The molecule has 1 aromatic heterocycles. The summed E-state index contributed by atoms with van der Waals surface area (Å²) in [6.07, 6.45) is 0. The van der Waals surface area contributed by atoms with E-state index < -0.39 is 15.8 Å². The summed E-state index contributed by atoms with van der Waals surface area (Å²) in [5.41, 5.74) is 5.37. The molecule has 0 unspecified atom stereocenters. The Morgan fingerprint density at radius 3 is 2.79 bits per heavy atom. The lowest BCUT2D eigenvalue weighted by molar-refractivity contribution is 0.598. The second-order valence-corrected chi connectivity index (χ2v) is 7.21.